The van der Waals surface area contributed by atoms with Crippen molar-refractivity contribution in [1.29, 1.82) is 0 Å². The summed E-state index contributed by atoms with van der Waals surface area (Å²) >= 11 is 7.28. The van der Waals surface area contributed by atoms with Gasteiger partial charge in [0.05, 0.1) is 24.9 Å². The zero-order valence-corrected chi connectivity index (χ0v) is 24.8. The van der Waals surface area contributed by atoms with E-state index in [0.29, 0.717) is 48.6 Å². The third-order valence-corrected chi connectivity index (χ3v) is 11.0. The van der Waals surface area contributed by atoms with Gasteiger partial charge in [0.25, 0.3) is 15.9 Å². The molecule has 2 amide bonds. The average molecular weight is 622 g/mol. The van der Waals surface area contributed by atoms with E-state index in [4.69, 9.17) is 16.3 Å². The molecule has 3 aliphatic heterocycles. The summed E-state index contributed by atoms with van der Waals surface area (Å²) in [6.07, 6.45) is 0.430. The number of nitrogens with zero attached hydrogens (tertiary/aromatic N) is 5. The Morgan fingerprint density at radius 2 is 1.98 bits per heavy atom. The monoisotopic (exact) mass is 621 g/mol. The molecule has 1 aromatic carbocycles. The summed E-state index contributed by atoms with van der Waals surface area (Å²) in [5.41, 5.74) is 1.39. The van der Waals surface area contributed by atoms with Crippen LogP contribution in [0.1, 0.15) is 33.7 Å². The van der Waals surface area contributed by atoms with Gasteiger partial charge in [0.2, 0.25) is 5.91 Å². The van der Waals surface area contributed by atoms with Gasteiger partial charge < -0.3 is 29.8 Å². The number of hydrogen-bond donors (Lipinski definition) is 1. The molecule has 2 fully saturated rings. The number of carbonyl (C=O) groups is 2. The van der Waals surface area contributed by atoms with E-state index >= 15 is 0 Å². The standard InChI is InChI=1S/C26H30ClN6O6S2/c1-16-10-21-22(15-33(16)36)40-25(29-21)26(35)32-5-4-31(14-19(32)13-24(34)30-6-8-39-9-7-30)41(37,38)23-12-17-11-18(27)2-3-20(17)28-23/h2-3,11-12,16,19,28H,4-10,13-15H2,1H3/q-1. The van der Waals surface area contributed by atoms with Crippen LogP contribution in [0.15, 0.2) is 29.3 Å². The van der Waals surface area contributed by atoms with Crippen molar-refractivity contribution in [3.63, 3.8) is 0 Å². The maximum atomic E-state index is 13.8. The molecule has 2 saturated heterocycles. The van der Waals surface area contributed by atoms with Crippen molar-refractivity contribution in [2.24, 2.45) is 0 Å². The van der Waals surface area contributed by atoms with Crippen LogP contribution in [-0.2, 0) is 32.5 Å². The molecule has 1 N–H and O–H groups in total. The highest BCUT2D eigenvalue weighted by Gasteiger charge is 2.40. The number of piperazine rings is 1. The molecule has 15 heteroatoms. The summed E-state index contributed by atoms with van der Waals surface area (Å²) in [4.78, 5) is 38.6. The highest BCUT2D eigenvalue weighted by molar-refractivity contribution is 7.89. The molecule has 6 rings (SSSR count). The van der Waals surface area contributed by atoms with Crippen molar-refractivity contribution in [2.75, 3.05) is 45.9 Å². The quantitative estimate of drug-likeness (QED) is 0.457. The summed E-state index contributed by atoms with van der Waals surface area (Å²) in [5.74, 6) is -0.517. The van der Waals surface area contributed by atoms with Crippen molar-refractivity contribution >= 4 is 55.7 Å². The van der Waals surface area contributed by atoms with Crippen LogP contribution in [-0.4, -0.2) is 107 Å². The molecule has 2 aromatic heterocycles. The Morgan fingerprint density at radius 3 is 2.76 bits per heavy atom. The normalized spacial score (nSPS) is 22.7. The Labute approximate surface area is 246 Å². The van der Waals surface area contributed by atoms with E-state index in [2.05, 4.69) is 9.97 Å². The number of halogens is 1. The predicted octanol–water partition coefficient (Wildman–Crippen LogP) is 2.29. The number of amides is 2. The molecule has 0 aliphatic carbocycles. The number of aromatic amines is 1. The van der Waals surface area contributed by atoms with Crippen molar-refractivity contribution in [1.82, 2.24) is 29.1 Å². The van der Waals surface area contributed by atoms with Crippen molar-refractivity contribution in [3.05, 3.63) is 50.1 Å². The molecule has 3 aliphatic rings. The molecule has 5 heterocycles. The van der Waals surface area contributed by atoms with Crippen LogP contribution < -0.4 is 0 Å². The molecule has 220 valence electrons. The van der Waals surface area contributed by atoms with Crippen LogP contribution in [0.3, 0.4) is 0 Å². The zero-order valence-electron chi connectivity index (χ0n) is 22.4. The minimum Gasteiger partial charge on any atom is -0.785 e. The summed E-state index contributed by atoms with van der Waals surface area (Å²) in [6.45, 7) is 3.88. The fraction of sp³-hybridized carbons (Fsp3) is 0.500. The Balaban J connectivity index is 1.27. The molecule has 0 spiro atoms. The third kappa shape index (κ3) is 5.61. The third-order valence-electron chi connectivity index (χ3n) is 7.90. The number of sulfonamides is 1. The smallest absolute Gasteiger partial charge is 0.283 e. The van der Waals surface area contributed by atoms with Gasteiger partial charge in [-0.05, 0) is 24.3 Å². The first-order chi connectivity index (χ1) is 19.6. The molecule has 3 aromatic rings. The molecule has 2 atom stereocenters. The first kappa shape index (κ1) is 28.5. The summed E-state index contributed by atoms with van der Waals surface area (Å²) in [6, 6.07) is 5.71. The minimum absolute atomic E-state index is 0.0247. The van der Waals surface area contributed by atoms with Gasteiger partial charge in [0.15, 0.2) is 5.01 Å². The fourth-order valence-corrected chi connectivity index (χ4v) is 8.24. The molecule has 12 nitrogen and oxygen atoms in total. The molecular formula is C26H30ClN6O6S2-. The van der Waals surface area contributed by atoms with E-state index in [-0.39, 0.29) is 60.5 Å². The van der Waals surface area contributed by atoms with E-state index in [1.165, 1.54) is 15.6 Å². The number of rotatable bonds is 5. The van der Waals surface area contributed by atoms with E-state index < -0.39 is 16.1 Å². The molecule has 0 radical (unpaired) electrons. The molecular weight excluding hydrogens is 592 g/mol. The van der Waals surface area contributed by atoms with Crippen LogP contribution in [0.25, 0.3) is 10.9 Å². The van der Waals surface area contributed by atoms with Crippen LogP contribution >= 0.6 is 22.9 Å². The summed E-state index contributed by atoms with van der Waals surface area (Å²) < 4.78 is 34.1. The lowest BCUT2D eigenvalue weighted by Crippen LogP contribution is -2.58. The van der Waals surface area contributed by atoms with E-state index in [9.17, 15) is 23.2 Å². The minimum atomic E-state index is -3.96. The van der Waals surface area contributed by atoms with Gasteiger partial charge in [0, 0.05) is 79.0 Å². The lowest BCUT2D eigenvalue weighted by Gasteiger charge is -2.41. The number of hydroxylamine groups is 2. The largest absolute Gasteiger partial charge is 0.785 e. The second-order valence-electron chi connectivity index (χ2n) is 10.6. The fourth-order valence-electron chi connectivity index (χ4n) is 5.55. The molecule has 41 heavy (non-hydrogen) atoms. The second-order valence-corrected chi connectivity index (χ2v) is 14.0. The number of benzene rings is 1. The van der Waals surface area contributed by atoms with Gasteiger partial charge in [-0.15, -0.1) is 11.3 Å². The van der Waals surface area contributed by atoms with Gasteiger partial charge in [-0.25, -0.2) is 13.4 Å². The number of nitrogens with one attached hydrogen (secondary N) is 1. The summed E-state index contributed by atoms with van der Waals surface area (Å²) in [7, 11) is -3.96. The van der Waals surface area contributed by atoms with Crippen LogP contribution in [0.4, 0.5) is 0 Å². The Kier molecular flexibility index (Phi) is 7.82. The highest BCUT2D eigenvalue weighted by Crippen LogP contribution is 2.31. The highest BCUT2D eigenvalue weighted by atomic mass is 35.5. The number of ether oxygens (including phenoxy) is 1. The maximum Gasteiger partial charge on any atom is 0.283 e. The number of H-pyrrole nitrogens is 1. The zero-order chi connectivity index (χ0) is 28.9. The van der Waals surface area contributed by atoms with Crippen LogP contribution in [0.5, 0.6) is 0 Å². The summed E-state index contributed by atoms with van der Waals surface area (Å²) in [5, 5.41) is 14.6. The van der Waals surface area contributed by atoms with Crippen molar-refractivity contribution < 1.29 is 22.7 Å². The Bertz CT molecular complexity index is 1560. The van der Waals surface area contributed by atoms with Crippen LogP contribution in [0, 0.1) is 5.21 Å². The van der Waals surface area contributed by atoms with E-state index in [1.54, 1.807) is 34.1 Å². The molecule has 2 unspecified atom stereocenters. The first-order valence-corrected chi connectivity index (χ1v) is 16.1. The van der Waals surface area contributed by atoms with E-state index in [0.717, 1.165) is 15.6 Å². The molecule has 0 bridgehead atoms. The molecule has 0 saturated carbocycles. The number of fused-ring (bicyclic) bond motifs is 2. The number of hydrogen-bond acceptors (Lipinski definition) is 9. The van der Waals surface area contributed by atoms with Crippen molar-refractivity contribution in [2.45, 2.75) is 43.4 Å². The lowest BCUT2D eigenvalue weighted by molar-refractivity contribution is -0.136. The maximum absolute atomic E-state index is 13.8. The SMILES string of the molecule is CC1Cc2nc(C(=O)N3CCN(S(=O)(=O)c4cc5cc(Cl)ccc5[nH]4)CC3CC(=O)N3CCOCC3)sc2CN1[O-]. The number of morpholine rings is 1. The van der Waals surface area contributed by atoms with Crippen molar-refractivity contribution in [3.8, 4) is 0 Å². The van der Waals surface area contributed by atoms with Gasteiger partial charge >= 0.3 is 0 Å². The lowest BCUT2D eigenvalue weighted by atomic mass is 10.1. The van der Waals surface area contributed by atoms with Gasteiger partial charge in [-0.1, -0.05) is 18.5 Å². The number of carbonyl (C=O) groups excluding carboxylic acids is 2. The number of thiazole rings is 1. The Morgan fingerprint density at radius 1 is 1.20 bits per heavy atom. The van der Waals surface area contributed by atoms with Gasteiger partial charge in [-0.3, -0.25) is 9.59 Å². The second kappa shape index (κ2) is 11.2. The number of aromatic nitrogens is 2. The topological polar surface area (TPSA) is 142 Å². The van der Waals surface area contributed by atoms with E-state index in [1.807, 2.05) is 6.92 Å². The average Bonchev–Trinajstić information content (AvgIpc) is 3.57. The first-order valence-electron chi connectivity index (χ1n) is 13.5. The van der Waals surface area contributed by atoms with Gasteiger partial charge in [0.1, 0.15) is 5.03 Å². The van der Waals surface area contributed by atoms with Crippen LogP contribution in [0.2, 0.25) is 5.02 Å². The Hall–Kier alpha value is -2.59. The predicted molar refractivity (Wildman–Crippen MR) is 153 cm³/mol. The van der Waals surface area contributed by atoms with Gasteiger partial charge in [-0.2, -0.15) is 4.31 Å².